The van der Waals surface area contributed by atoms with E-state index >= 15 is 0 Å². The van der Waals surface area contributed by atoms with E-state index in [2.05, 4.69) is 10.5 Å². The molecule has 0 saturated carbocycles. The third-order valence-corrected chi connectivity index (χ3v) is 3.23. The van der Waals surface area contributed by atoms with Crippen LogP contribution in [0.15, 0.2) is 47.6 Å². The third kappa shape index (κ3) is 5.17. The predicted octanol–water partition coefficient (Wildman–Crippen LogP) is 2.89. The molecule has 24 heavy (non-hydrogen) atoms. The number of methoxy groups -OCH3 is 2. The molecule has 2 aromatic rings. The predicted molar refractivity (Wildman–Crippen MR) is 92.2 cm³/mol. The summed E-state index contributed by atoms with van der Waals surface area (Å²) < 4.78 is 15.7. The van der Waals surface area contributed by atoms with Crippen molar-refractivity contribution in [2.75, 3.05) is 20.8 Å². The molecule has 0 saturated heterocycles. The molecule has 0 heterocycles. The number of hydrogen-bond donors (Lipinski definition) is 1. The van der Waals surface area contributed by atoms with Gasteiger partial charge in [-0.25, -0.2) is 5.43 Å². The van der Waals surface area contributed by atoms with Gasteiger partial charge in [0, 0.05) is 16.7 Å². The Hall–Kier alpha value is -2.73. The maximum atomic E-state index is 11.7. The fraction of sp³-hybridized carbons (Fsp3) is 0.176. The summed E-state index contributed by atoms with van der Waals surface area (Å²) in [5, 5.41) is 4.42. The Labute approximate surface area is 145 Å². The molecule has 0 spiro atoms. The lowest BCUT2D eigenvalue weighted by Gasteiger charge is -2.07. The van der Waals surface area contributed by atoms with E-state index in [1.807, 2.05) is 0 Å². The molecule has 0 aromatic heterocycles. The Morgan fingerprint density at radius 2 is 2.00 bits per heavy atom. The summed E-state index contributed by atoms with van der Waals surface area (Å²) in [6.07, 6.45) is 1.48. The van der Waals surface area contributed by atoms with Crippen LogP contribution >= 0.6 is 11.6 Å². The summed E-state index contributed by atoms with van der Waals surface area (Å²) in [4.78, 5) is 11.7. The van der Waals surface area contributed by atoms with Crippen LogP contribution in [0.3, 0.4) is 0 Å². The highest BCUT2D eigenvalue weighted by atomic mass is 35.5. The maximum absolute atomic E-state index is 11.7. The number of amides is 1. The average Bonchev–Trinajstić information content (AvgIpc) is 2.60. The van der Waals surface area contributed by atoms with Gasteiger partial charge in [-0.05, 0) is 30.3 Å². The molecule has 0 fully saturated rings. The third-order valence-electron chi connectivity index (χ3n) is 3.00. The van der Waals surface area contributed by atoms with E-state index in [1.165, 1.54) is 6.21 Å². The fourth-order valence-electron chi connectivity index (χ4n) is 1.84. The quantitative estimate of drug-likeness (QED) is 0.617. The molecule has 6 nitrogen and oxygen atoms in total. The highest BCUT2D eigenvalue weighted by Crippen LogP contribution is 2.23. The Bertz CT molecular complexity index is 734. The molecule has 0 atom stereocenters. The summed E-state index contributed by atoms with van der Waals surface area (Å²) >= 11 is 5.84. The zero-order valence-corrected chi connectivity index (χ0v) is 14.0. The summed E-state index contributed by atoms with van der Waals surface area (Å²) in [7, 11) is 3.12. The molecule has 0 bridgehead atoms. The Morgan fingerprint density at radius 3 is 2.71 bits per heavy atom. The minimum atomic E-state index is -0.390. The van der Waals surface area contributed by atoms with Crippen LogP contribution in [0.4, 0.5) is 0 Å². The van der Waals surface area contributed by atoms with Gasteiger partial charge < -0.3 is 14.2 Å². The first-order valence-electron chi connectivity index (χ1n) is 7.04. The number of carbonyl (C=O) groups excluding carboxylic acids is 1. The van der Waals surface area contributed by atoms with E-state index in [9.17, 15) is 4.79 Å². The van der Waals surface area contributed by atoms with Gasteiger partial charge in [0.2, 0.25) is 0 Å². The summed E-state index contributed by atoms with van der Waals surface area (Å²) in [6, 6.07) is 12.1. The highest BCUT2D eigenvalue weighted by Gasteiger charge is 2.04. The molecular formula is C17H17ClN2O4. The van der Waals surface area contributed by atoms with Crippen LogP contribution in [0.1, 0.15) is 5.56 Å². The van der Waals surface area contributed by atoms with E-state index in [0.717, 1.165) is 0 Å². The van der Waals surface area contributed by atoms with E-state index in [0.29, 0.717) is 27.8 Å². The first-order valence-corrected chi connectivity index (χ1v) is 7.42. The second-order valence-corrected chi connectivity index (χ2v) is 5.08. The first kappa shape index (κ1) is 17.6. The lowest BCUT2D eigenvalue weighted by Crippen LogP contribution is -2.24. The van der Waals surface area contributed by atoms with Crippen molar-refractivity contribution >= 4 is 23.7 Å². The number of nitrogens with one attached hydrogen (secondary N) is 1. The molecule has 2 aromatic carbocycles. The van der Waals surface area contributed by atoms with Gasteiger partial charge in [-0.15, -0.1) is 0 Å². The lowest BCUT2D eigenvalue weighted by molar-refractivity contribution is -0.123. The Balaban J connectivity index is 1.88. The molecule has 0 aliphatic rings. The second kappa shape index (κ2) is 8.79. The van der Waals surface area contributed by atoms with Crippen LogP contribution in [0.5, 0.6) is 17.2 Å². The van der Waals surface area contributed by atoms with E-state index in [-0.39, 0.29) is 6.61 Å². The van der Waals surface area contributed by atoms with Gasteiger partial charge in [-0.1, -0.05) is 17.7 Å². The van der Waals surface area contributed by atoms with Crippen LogP contribution in [0.2, 0.25) is 5.02 Å². The summed E-state index contributed by atoms with van der Waals surface area (Å²) in [6.45, 7) is -0.169. The molecule has 2 rings (SSSR count). The molecule has 1 amide bonds. The van der Waals surface area contributed by atoms with Crippen molar-refractivity contribution < 1.29 is 19.0 Å². The van der Waals surface area contributed by atoms with Gasteiger partial charge in [-0.3, -0.25) is 4.79 Å². The van der Waals surface area contributed by atoms with Gasteiger partial charge in [0.15, 0.2) is 6.61 Å². The zero-order valence-electron chi connectivity index (χ0n) is 13.3. The van der Waals surface area contributed by atoms with Gasteiger partial charge in [0.05, 0.1) is 20.4 Å². The van der Waals surface area contributed by atoms with E-state index in [1.54, 1.807) is 56.7 Å². The monoisotopic (exact) mass is 348 g/mol. The number of carbonyl (C=O) groups is 1. The number of hydrazone groups is 1. The van der Waals surface area contributed by atoms with Crippen molar-refractivity contribution in [3.05, 3.63) is 53.1 Å². The molecular weight excluding hydrogens is 332 g/mol. The van der Waals surface area contributed by atoms with Gasteiger partial charge >= 0.3 is 0 Å². The first-order chi connectivity index (χ1) is 11.6. The van der Waals surface area contributed by atoms with Crippen molar-refractivity contribution in [2.45, 2.75) is 0 Å². The SMILES string of the molecule is COc1ccc(/C=N\NC(=O)COc2cccc(Cl)c2)c(OC)c1. The highest BCUT2D eigenvalue weighted by molar-refractivity contribution is 6.30. The van der Waals surface area contributed by atoms with Crippen LogP contribution in [0.25, 0.3) is 0 Å². The van der Waals surface area contributed by atoms with Crippen LogP contribution in [-0.4, -0.2) is 32.9 Å². The van der Waals surface area contributed by atoms with Crippen LogP contribution < -0.4 is 19.6 Å². The number of halogens is 1. The Kier molecular flexibility index (Phi) is 6.45. The van der Waals surface area contributed by atoms with Crippen molar-refractivity contribution in [1.29, 1.82) is 0 Å². The molecule has 0 aliphatic carbocycles. The number of ether oxygens (including phenoxy) is 3. The maximum Gasteiger partial charge on any atom is 0.277 e. The van der Waals surface area contributed by atoms with Crippen molar-refractivity contribution in [2.24, 2.45) is 5.10 Å². The van der Waals surface area contributed by atoms with Crippen molar-refractivity contribution in [3.8, 4) is 17.2 Å². The summed E-state index contributed by atoms with van der Waals surface area (Å²) in [5.41, 5.74) is 3.08. The van der Waals surface area contributed by atoms with E-state index in [4.69, 9.17) is 25.8 Å². The number of nitrogens with zero attached hydrogens (tertiary/aromatic N) is 1. The Morgan fingerprint density at radius 1 is 1.17 bits per heavy atom. The normalized spacial score (nSPS) is 10.5. The fourth-order valence-corrected chi connectivity index (χ4v) is 2.02. The average molecular weight is 349 g/mol. The number of hydrogen-bond acceptors (Lipinski definition) is 5. The molecule has 1 N–H and O–H groups in total. The zero-order chi connectivity index (χ0) is 17.4. The van der Waals surface area contributed by atoms with Crippen LogP contribution in [0, 0.1) is 0 Å². The smallest absolute Gasteiger partial charge is 0.277 e. The number of rotatable bonds is 7. The topological polar surface area (TPSA) is 69.2 Å². The molecule has 0 unspecified atom stereocenters. The largest absolute Gasteiger partial charge is 0.497 e. The van der Waals surface area contributed by atoms with Crippen molar-refractivity contribution in [1.82, 2.24) is 5.43 Å². The number of benzene rings is 2. The molecule has 7 heteroatoms. The molecule has 126 valence electrons. The van der Waals surface area contributed by atoms with E-state index < -0.39 is 5.91 Å². The standard InChI is InChI=1S/C17H17ClN2O4/c1-22-14-7-6-12(16(9-14)23-2)10-19-20-17(21)11-24-15-5-3-4-13(18)8-15/h3-10H,11H2,1-2H3,(H,20,21)/b19-10-. The lowest BCUT2D eigenvalue weighted by atomic mass is 10.2. The molecule has 0 aliphatic heterocycles. The van der Waals surface area contributed by atoms with Crippen LogP contribution in [-0.2, 0) is 4.79 Å². The second-order valence-electron chi connectivity index (χ2n) is 4.65. The van der Waals surface area contributed by atoms with Crippen molar-refractivity contribution in [3.63, 3.8) is 0 Å². The minimum absolute atomic E-state index is 0.169. The van der Waals surface area contributed by atoms with Gasteiger partial charge in [0.25, 0.3) is 5.91 Å². The van der Waals surface area contributed by atoms with Gasteiger partial charge in [0.1, 0.15) is 17.2 Å². The minimum Gasteiger partial charge on any atom is -0.497 e. The molecule has 0 radical (unpaired) electrons. The van der Waals surface area contributed by atoms with Gasteiger partial charge in [-0.2, -0.15) is 5.10 Å². The summed E-state index contributed by atoms with van der Waals surface area (Å²) in [5.74, 6) is 1.38.